The van der Waals surface area contributed by atoms with Crippen molar-refractivity contribution in [1.29, 1.82) is 0 Å². The number of fused-ring (bicyclic) bond motifs is 1. The number of hydrogen-bond acceptors (Lipinski definition) is 7. The lowest BCUT2D eigenvalue weighted by Gasteiger charge is -2.22. The number of nitro groups is 1. The molecule has 0 radical (unpaired) electrons. The number of ketones is 1. The van der Waals surface area contributed by atoms with Gasteiger partial charge in [0, 0.05) is 17.7 Å². The molecular weight excluding hydrogens is 461 g/mol. The summed E-state index contributed by atoms with van der Waals surface area (Å²) >= 11 is 1.02. The number of amides is 1. The van der Waals surface area contributed by atoms with Gasteiger partial charge in [-0.25, -0.2) is 9.37 Å². The lowest BCUT2D eigenvalue weighted by molar-refractivity contribution is -0.384. The normalized spacial score (nSPS) is 17.4. The van der Waals surface area contributed by atoms with E-state index in [1.54, 1.807) is 30.3 Å². The monoisotopic (exact) mass is 475 g/mol. The highest BCUT2D eigenvalue weighted by Gasteiger charge is 2.48. The number of anilines is 1. The maximum Gasteiger partial charge on any atom is 0.301 e. The van der Waals surface area contributed by atoms with Crippen molar-refractivity contribution in [3.63, 3.8) is 0 Å². The van der Waals surface area contributed by atoms with Crippen LogP contribution in [-0.2, 0) is 9.59 Å². The molecule has 2 heterocycles. The van der Waals surface area contributed by atoms with E-state index in [4.69, 9.17) is 0 Å². The van der Waals surface area contributed by atoms with Gasteiger partial charge in [-0.3, -0.25) is 24.6 Å². The van der Waals surface area contributed by atoms with Gasteiger partial charge in [-0.15, -0.1) is 0 Å². The predicted octanol–water partition coefficient (Wildman–Crippen LogP) is 4.97. The molecule has 8 nitrogen and oxygen atoms in total. The molecule has 10 heteroatoms. The molecule has 1 atom stereocenters. The average molecular weight is 475 g/mol. The molecule has 5 rings (SSSR count). The summed E-state index contributed by atoms with van der Waals surface area (Å²) in [6.45, 7) is 0. The van der Waals surface area contributed by atoms with Crippen LogP contribution < -0.4 is 4.90 Å². The van der Waals surface area contributed by atoms with Crippen molar-refractivity contribution in [3.05, 3.63) is 105 Å². The lowest BCUT2D eigenvalue weighted by atomic mass is 9.95. The van der Waals surface area contributed by atoms with Crippen LogP contribution in [0.3, 0.4) is 0 Å². The van der Waals surface area contributed by atoms with Gasteiger partial charge in [0.1, 0.15) is 11.6 Å². The number of benzene rings is 3. The molecule has 34 heavy (non-hydrogen) atoms. The molecule has 1 aromatic heterocycles. The highest BCUT2D eigenvalue weighted by molar-refractivity contribution is 7.22. The van der Waals surface area contributed by atoms with E-state index < -0.39 is 28.5 Å². The van der Waals surface area contributed by atoms with Gasteiger partial charge >= 0.3 is 5.91 Å². The topological polar surface area (TPSA) is 114 Å². The predicted molar refractivity (Wildman–Crippen MR) is 124 cm³/mol. The molecule has 4 aromatic rings. The molecule has 0 saturated carbocycles. The summed E-state index contributed by atoms with van der Waals surface area (Å²) in [6.07, 6.45) is 0. The third kappa shape index (κ3) is 3.50. The zero-order valence-electron chi connectivity index (χ0n) is 17.2. The molecule has 1 aliphatic rings. The molecule has 1 unspecified atom stereocenters. The Hall–Kier alpha value is -4.44. The van der Waals surface area contributed by atoms with Crippen LogP contribution in [0, 0.1) is 15.9 Å². The number of rotatable bonds is 4. The number of aliphatic hydroxyl groups excluding tert-OH is 1. The van der Waals surface area contributed by atoms with Gasteiger partial charge in [-0.05, 0) is 35.9 Å². The molecular formula is C24H14FN3O5S. The molecule has 0 aliphatic carbocycles. The number of carbonyl (C=O) groups is 2. The molecule has 3 aromatic carbocycles. The summed E-state index contributed by atoms with van der Waals surface area (Å²) < 4.78 is 14.2. The third-order valence-corrected chi connectivity index (χ3v) is 6.47. The summed E-state index contributed by atoms with van der Waals surface area (Å²) in [7, 11) is 0. The van der Waals surface area contributed by atoms with Crippen molar-refractivity contribution in [2.24, 2.45) is 0 Å². The molecule has 1 N–H and O–H groups in total. The minimum Gasteiger partial charge on any atom is -0.507 e. The average Bonchev–Trinajstić information content (AvgIpc) is 3.37. The van der Waals surface area contributed by atoms with Crippen LogP contribution >= 0.6 is 11.3 Å². The summed E-state index contributed by atoms with van der Waals surface area (Å²) in [5.74, 6) is -2.69. The summed E-state index contributed by atoms with van der Waals surface area (Å²) in [4.78, 5) is 42.4. The van der Waals surface area contributed by atoms with Crippen molar-refractivity contribution < 1.29 is 24.0 Å². The van der Waals surface area contributed by atoms with Crippen molar-refractivity contribution in [3.8, 4) is 0 Å². The first-order chi connectivity index (χ1) is 16.3. The van der Waals surface area contributed by atoms with Crippen LogP contribution in [0.4, 0.5) is 15.2 Å². The van der Waals surface area contributed by atoms with Crippen molar-refractivity contribution in [1.82, 2.24) is 4.98 Å². The van der Waals surface area contributed by atoms with Crippen LogP contribution in [-0.4, -0.2) is 26.7 Å². The highest BCUT2D eigenvalue weighted by Crippen LogP contribution is 2.44. The third-order valence-electron chi connectivity index (χ3n) is 5.46. The lowest BCUT2D eigenvalue weighted by Crippen LogP contribution is -2.29. The molecule has 1 saturated heterocycles. The number of aromatic nitrogens is 1. The molecule has 1 fully saturated rings. The van der Waals surface area contributed by atoms with Crippen LogP contribution in [0.15, 0.2) is 78.4 Å². The molecule has 0 spiro atoms. The Morgan fingerprint density at radius 2 is 1.76 bits per heavy atom. The van der Waals surface area contributed by atoms with Gasteiger partial charge in [-0.2, -0.15) is 0 Å². The molecule has 1 aliphatic heterocycles. The van der Waals surface area contributed by atoms with E-state index in [0.29, 0.717) is 21.3 Å². The first kappa shape index (κ1) is 21.4. The molecule has 0 bridgehead atoms. The SMILES string of the molecule is O=C1C(=O)N(c2nc3ccc(F)cc3s2)C(c2ccc([N+](=O)[O-])cc2)/C1=C(\O)c1ccccc1. The largest absolute Gasteiger partial charge is 0.507 e. The number of halogens is 1. The fraction of sp³-hybridized carbons (Fsp3) is 0.0417. The summed E-state index contributed by atoms with van der Waals surface area (Å²) in [6, 6.07) is 16.5. The molecule has 1 amide bonds. The van der Waals surface area contributed by atoms with Crippen LogP contribution in [0.2, 0.25) is 0 Å². The van der Waals surface area contributed by atoms with E-state index in [1.807, 2.05) is 0 Å². The summed E-state index contributed by atoms with van der Waals surface area (Å²) in [5.41, 5.74) is 0.801. The maximum atomic E-state index is 13.7. The van der Waals surface area contributed by atoms with Gasteiger partial charge in [-0.1, -0.05) is 41.7 Å². The van der Waals surface area contributed by atoms with E-state index >= 15 is 0 Å². The Kier molecular flexibility index (Phi) is 5.14. The van der Waals surface area contributed by atoms with Gasteiger partial charge in [0.2, 0.25) is 0 Å². The van der Waals surface area contributed by atoms with Gasteiger partial charge < -0.3 is 5.11 Å². The van der Waals surface area contributed by atoms with Gasteiger partial charge in [0.25, 0.3) is 11.5 Å². The Balaban J connectivity index is 1.72. The number of hydrogen-bond donors (Lipinski definition) is 1. The quantitative estimate of drug-likeness (QED) is 0.147. The Morgan fingerprint density at radius 1 is 1.06 bits per heavy atom. The smallest absolute Gasteiger partial charge is 0.301 e. The van der Waals surface area contributed by atoms with Crippen molar-refractivity contribution in [2.45, 2.75) is 6.04 Å². The first-order valence-corrected chi connectivity index (χ1v) is 10.8. The van der Waals surface area contributed by atoms with Crippen LogP contribution in [0.1, 0.15) is 17.2 Å². The van der Waals surface area contributed by atoms with E-state index in [-0.39, 0.29) is 22.2 Å². The van der Waals surface area contributed by atoms with E-state index in [9.17, 15) is 29.2 Å². The van der Waals surface area contributed by atoms with E-state index in [1.165, 1.54) is 42.5 Å². The zero-order valence-corrected chi connectivity index (χ0v) is 18.0. The number of aliphatic hydroxyl groups is 1. The maximum absolute atomic E-state index is 13.7. The minimum atomic E-state index is -1.09. The first-order valence-electron chi connectivity index (χ1n) is 10.0. The second-order valence-corrected chi connectivity index (χ2v) is 8.50. The number of nitrogens with zero attached hydrogens (tertiary/aromatic N) is 3. The Morgan fingerprint density at radius 3 is 2.44 bits per heavy atom. The van der Waals surface area contributed by atoms with Gasteiger partial charge in [0.15, 0.2) is 5.13 Å². The zero-order chi connectivity index (χ0) is 24.0. The number of non-ortho nitro benzene ring substituents is 1. The van der Waals surface area contributed by atoms with Crippen LogP contribution in [0.25, 0.3) is 16.0 Å². The van der Waals surface area contributed by atoms with E-state index in [0.717, 1.165) is 16.2 Å². The molecule has 168 valence electrons. The fourth-order valence-corrected chi connectivity index (χ4v) is 4.88. The Labute approximate surface area is 195 Å². The minimum absolute atomic E-state index is 0.137. The van der Waals surface area contributed by atoms with E-state index in [2.05, 4.69) is 4.98 Å². The second-order valence-electron chi connectivity index (χ2n) is 7.49. The van der Waals surface area contributed by atoms with Gasteiger partial charge in [0.05, 0.1) is 26.8 Å². The summed E-state index contributed by atoms with van der Waals surface area (Å²) in [5, 5.41) is 22.3. The fourth-order valence-electron chi connectivity index (χ4n) is 3.86. The second kappa shape index (κ2) is 8.16. The number of Topliss-reactive ketones (excluding diaryl/α,β-unsaturated/α-hetero) is 1. The standard InChI is InChI=1S/C24H14FN3O5S/c25-15-8-11-17-18(12-15)34-24(26-17)27-20(13-6-9-16(10-7-13)28(32)33)19(22(30)23(27)31)21(29)14-4-2-1-3-5-14/h1-12,20,29H/b21-19+. The van der Waals surface area contributed by atoms with Crippen molar-refractivity contribution >= 4 is 49.8 Å². The number of nitro benzene ring substituents is 1. The highest BCUT2D eigenvalue weighted by atomic mass is 32.1. The Bertz CT molecular complexity index is 1500. The van der Waals surface area contributed by atoms with Crippen LogP contribution in [0.5, 0.6) is 0 Å². The number of carbonyl (C=O) groups excluding carboxylic acids is 2. The number of thiazole rings is 1. The van der Waals surface area contributed by atoms with Crippen molar-refractivity contribution in [2.75, 3.05) is 4.90 Å².